The number of amides is 1. The van der Waals surface area contributed by atoms with E-state index in [2.05, 4.69) is 31.9 Å². The molecule has 5 nitrogen and oxygen atoms in total. The average Bonchev–Trinajstić information content (AvgIpc) is 2.40. The summed E-state index contributed by atoms with van der Waals surface area (Å²) in [7, 11) is -3.61. The highest BCUT2D eigenvalue weighted by atomic mass is 79.9. The number of benzene rings is 1. The second kappa shape index (κ2) is 6.13. The SMILES string of the molecule is NS(=O)(=O)C1CCCN(C(=O)c2cc(Br)ccc2Br)C1. The molecule has 1 aliphatic rings. The van der Waals surface area contributed by atoms with Gasteiger partial charge in [-0.15, -0.1) is 0 Å². The molecule has 1 amide bonds. The zero-order valence-corrected chi connectivity index (χ0v) is 14.5. The van der Waals surface area contributed by atoms with Gasteiger partial charge < -0.3 is 4.90 Å². The summed E-state index contributed by atoms with van der Waals surface area (Å²) in [5, 5.41) is 4.51. The number of nitrogens with two attached hydrogens (primary N) is 1. The number of primary sulfonamides is 1. The van der Waals surface area contributed by atoms with E-state index in [0.717, 1.165) is 4.47 Å². The molecule has 1 heterocycles. The Kier molecular flexibility index (Phi) is 4.88. The lowest BCUT2D eigenvalue weighted by molar-refractivity contribution is 0.0726. The lowest BCUT2D eigenvalue weighted by Crippen LogP contribution is -2.47. The van der Waals surface area contributed by atoms with Crippen LogP contribution < -0.4 is 5.14 Å². The molecule has 20 heavy (non-hydrogen) atoms. The molecule has 8 heteroatoms. The van der Waals surface area contributed by atoms with Gasteiger partial charge in [0.15, 0.2) is 0 Å². The molecule has 1 aromatic rings. The summed E-state index contributed by atoms with van der Waals surface area (Å²) >= 11 is 6.67. The number of piperidine rings is 1. The quantitative estimate of drug-likeness (QED) is 0.787. The molecule has 110 valence electrons. The number of likely N-dealkylation sites (tertiary alicyclic amines) is 1. The van der Waals surface area contributed by atoms with Crippen LogP contribution in [0.4, 0.5) is 0 Å². The first-order valence-electron chi connectivity index (χ1n) is 6.05. The third kappa shape index (κ3) is 3.60. The Morgan fingerprint density at radius 1 is 1.35 bits per heavy atom. The molecule has 1 aliphatic heterocycles. The maximum Gasteiger partial charge on any atom is 0.255 e. The number of hydrogen-bond acceptors (Lipinski definition) is 3. The van der Waals surface area contributed by atoms with Gasteiger partial charge in [0, 0.05) is 22.0 Å². The monoisotopic (exact) mass is 424 g/mol. The van der Waals surface area contributed by atoms with Crippen LogP contribution in [0.3, 0.4) is 0 Å². The van der Waals surface area contributed by atoms with Gasteiger partial charge in [-0.3, -0.25) is 4.79 Å². The van der Waals surface area contributed by atoms with Gasteiger partial charge in [-0.1, -0.05) is 15.9 Å². The standard InChI is InChI=1S/C12H14Br2N2O3S/c13-8-3-4-11(14)10(6-8)12(17)16-5-1-2-9(7-16)20(15,18)19/h3-4,6,9H,1-2,5,7H2,(H2,15,18,19). The zero-order valence-electron chi connectivity index (χ0n) is 10.6. The van der Waals surface area contributed by atoms with Gasteiger partial charge in [0.05, 0.1) is 10.8 Å². The Morgan fingerprint density at radius 2 is 2.05 bits per heavy atom. The highest BCUT2D eigenvalue weighted by Crippen LogP contribution is 2.25. The summed E-state index contributed by atoms with van der Waals surface area (Å²) in [5.74, 6) is -0.188. The highest BCUT2D eigenvalue weighted by molar-refractivity contribution is 9.11. The molecule has 0 saturated carbocycles. The number of sulfonamides is 1. The minimum Gasteiger partial charge on any atom is -0.337 e. The van der Waals surface area contributed by atoms with Gasteiger partial charge >= 0.3 is 0 Å². The summed E-state index contributed by atoms with van der Waals surface area (Å²) in [6.07, 6.45) is 1.14. The van der Waals surface area contributed by atoms with Crippen LogP contribution in [0.2, 0.25) is 0 Å². The maximum atomic E-state index is 12.5. The van der Waals surface area contributed by atoms with Crippen molar-refractivity contribution < 1.29 is 13.2 Å². The predicted molar refractivity (Wildman–Crippen MR) is 83.9 cm³/mol. The predicted octanol–water partition coefficient (Wildman–Crippen LogP) is 2.10. The van der Waals surface area contributed by atoms with Gasteiger partial charge in [0.25, 0.3) is 5.91 Å². The number of nitrogens with zero attached hydrogens (tertiary/aromatic N) is 1. The highest BCUT2D eigenvalue weighted by Gasteiger charge is 2.31. The molecule has 1 saturated heterocycles. The summed E-state index contributed by atoms with van der Waals surface area (Å²) in [4.78, 5) is 14.0. The van der Waals surface area contributed by atoms with Crippen molar-refractivity contribution in [3.63, 3.8) is 0 Å². The van der Waals surface area contributed by atoms with Crippen LogP contribution in [0.15, 0.2) is 27.1 Å². The third-order valence-corrected chi connectivity index (χ3v) is 5.79. The Morgan fingerprint density at radius 3 is 2.70 bits per heavy atom. The lowest BCUT2D eigenvalue weighted by Gasteiger charge is -2.31. The molecule has 0 spiro atoms. The van der Waals surface area contributed by atoms with Crippen molar-refractivity contribution in [2.24, 2.45) is 5.14 Å². The van der Waals surface area contributed by atoms with Gasteiger partial charge in [-0.2, -0.15) is 0 Å². The molecule has 2 rings (SSSR count). The molecule has 0 aliphatic carbocycles. The number of rotatable bonds is 2. The third-order valence-electron chi connectivity index (χ3n) is 3.29. The minimum absolute atomic E-state index is 0.149. The Bertz CT molecular complexity index is 634. The normalized spacial score (nSPS) is 19.9. The fraction of sp³-hybridized carbons (Fsp3) is 0.417. The van der Waals surface area contributed by atoms with E-state index in [0.29, 0.717) is 29.4 Å². The van der Waals surface area contributed by atoms with E-state index in [1.165, 1.54) is 0 Å². The van der Waals surface area contributed by atoms with E-state index in [1.807, 2.05) is 6.07 Å². The molecule has 0 aromatic heterocycles. The maximum absolute atomic E-state index is 12.5. The number of halogens is 2. The molecule has 1 unspecified atom stereocenters. The zero-order chi connectivity index (χ0) is 14.9. The van der Waals surface area contributed by atoms with Crippen LogP contribution in [0.25, 0.3) is 0 Å². The molecular weight excluding hydrogens is 412 g/mol. The molecular formula is C12H14Br2N2O3S. The van der Waals surface area contributed by atoms with Crippen molar-refractivity contribution >= 4 is 47.8 Å². The van der Waals surface area contributed by atoms with Gasteiger partial charge in [0.2, 0.25) is 10.0 Å². The van der Waals surface area contributed by atoms with Gasteiger partial charge in [0.1, 0.15) is 0 Å². The molecule has 1 aromatic carbocycles. The first-order chi connectivity index (χ1) is 9.29. The number of carbonyl (C=O) groups is 1. The van der Waals surface area contributed by atoms with E-state index in [-0.39, 0.29) is 12.5 Å². The van der Waals surface area contributed by atoms with Gasteiger partial charge in [-0.25, -0.2) is 13.6 Å². The second-order valence-corrected chi connectivity index (χ2v) is 8.34. The summed E-state index contributed by atoms with van der Waals surface area (Å²) in [5.41, 5.74) is 0.509. The number of hydrogen-bond donors (Lipinski definition) is 1. The molecule has 1 fully saturated rings. The smallest absolute Gasteiger partial charge is 0.255 e. The molecule has 0 bridgehead atoms. The molecule has 0 radical (unpaired) electrons. The first-order valence-corrected chi connectivity index (χ1v) is 9.24. The Balaban J connectivity index is 2.23. The number of carbonyl (C=O) groups excluding carboxylic acids is 1. The second-order valence-electron chi connectivity index (χ2n) is 4.73. The Hall–Kier alpha value is -0.440. The minimum atomic E-state index is -3.61. The topological polar surface area (TPSA) is 80.5 Å². The lowest BCUT2D eigenvalue weighted by atomic mass is 10.1. The van der Waals surface area contributed by atoms with E-state index in [1.54, 1.807) is 17.0 Å². The van der Waals surface area contributed by atoms with Crippen LogP contribution in [0.5, 0.6) is 0 Å². The van der Waals surface area contributed by atoms with Crippen molar-refractivity contribution in [3.05, 3.63) is 32.7 Å². The van der Waals surface area contributed by atoms with Gasteiger partial charge in [-0.05, 0) is 47.0 Å². The molecule has 2 N–H and O–H groups in total. The average molecular weight is 426 g/mol. The fourth-order valence-corrected chi connectivity index (χ4v) is 3.88. The van der Waals surface area contributed by atoms with Crippen LogP contribution in [0, 0.1) is 0 Å². The van der Waals surface area contributed by atoms with Crippen LogP contribution >= 0.6 is 31.9 Å². The fourth-order valence-electron chi connectivity index (χ4n) is 2.22. The largest absolute Gasteiger partial charge is 0.337 e. The van der Waals surface area contributed by atoms with Crippen LogP contribution in [0.1, 0.15) is 23.2 Å². The van der Waals surface area contributed by atoms with E-state index < -0.39 is 15.3 Å². The van der Waals surface area contributed by atoms with E-state index in [9.17, 15) is 13.2 Å². The Labute approximate surface area is 134 Å². The first kappa shape index (κ1) is 15.9. The van der Waals surface area contributed by atoms with E-state index in [4.69, 9.17) is 5.14 Å². The van der Waals surface area contributed by atoms with Crippen molar-refractivity contribution in [1.82, 2.24) is 4.90 Å². The van der Waals surface area contributed by atoms with Crippen LogP contribution in [-0.2, 0) is 10.0 Å². The van der Waals surface area contributed by atoms with Crippen LogP contribution in [-0.4, -0.2) is 37.6 Å². The van der Waals surface area contributed by atoms with Crippen molar-refractivity contribution in [3.8, 4) is 0 Å². The van der Waals surface area contributed by atoms with Crippen molar-refractivity contribution in [1.29, 1.82) is 0 Å². The summed E-state index contributed by atoms with van der Waals surface area (Å²) in [6.45, 7) is 0.695. The van der Waals surface area contributed by atoms with E-state index >= 15 is 0 Å². The van der Waals surface area contributed by atoms with Crippen molar-refractivity contribution in [2.75, 3.05) is 13.1 Å². The molecule has 1 atom stereocenters. The summed E-state index contributed by atoms with van der Waals surface area (Å²) < 4.78 is 24.3. The summed E-state index contributed by atoms with van der Waals surface area (Å²) in [6, 6.07) is 5.32. The van der Waals surface area contributed by atoms with Crippen molar-refractivity contribution in [2.45, 2.75) is 18.1 Å².